The lowest BCUT2D eigenvalue weighted by molar-refractivity contribution is -0.0524. The second kappa shape index (κ2) is 12.5. The molecule has 2 bridgehead atoms. The van der Waals surface area contributed by atoms with Crippen LogP contribution in [0, 0.1) is 0 Å². The molecule has 47 heavy (non-hydrogen) atoms. The highest BCUT2D eigenvalue weighted by atomic mass is 32.2. The Morgan fingerprint density at radius 2 is 1.60 bits per heavy atom. The Labute approximate surface area is 270 Å². The first-order valence-corrected chi connectivity index (χ1v) is 16.2. The van der Waals surface area contributed by atoms with Gasteiger partial charge in [-0.1, -0.05) is 66.7 Å². The molecule has 1 amide bonds. The lowest BCUT2D eigenvalue weighted by Gasteiger charge is -2.54. The zero-order valence-corrected chi connectivity index (χ0v) is 26.4. The van der Waals surface area contributed by atoms with Crippen molar-refractivity contribution in [1.82, 2.24) is 4.90 Å². The molecule has 1 aliphatic heterocycles. The highest BCUT2D eigenvalue weighted by Gasteiger charge is 2.57. The average Bonchev–Trinajstić information content (AvgIpc) is 3.06. The van der Waals surface area contributed by atoms with Gasteiger partial charge in [0.25, 0.3) is 0 Å². The van der Waals surface area contributed by atoms with Gasteiger partial charge in [-0.05, 0) is 48.1 Å². The highest BCUT2D eigenvalue weighted by Crippen LogP contribution is 2.59. The molecule has 1 fully saturated rings. The van der Waals surface area contributed by atoms with E-state index in [9.17, 15) is 26.4 Å². The molecule has 248 valence electrons. The standard InChI is InChI=1S/C34H32F3NO8S/c1-42-26-14-13-24-19-25-29-30(43-2)27(46-47(40,41)34(35,36)37)15-16-33(29,28(24)31(26)44-20-22-9-5-3-6-10-22)17-18-38(25)32(39)45-21-23-11-7-4-8-12-23/h3-15,25H,16-21H2,1-2H3/t25-,33+/m0/s1. The summed E-state index contributed by atoms with van der Waals surface area (Å²) >= 11 is 0. The predicted octanol–water partition coefficient (Wildman–Crippen LogP) is 6.53. The smallest absolute Gasteiger partial charge is 0.493 e. The maximum atomic E-state index is 13.6. The van der Waals surface area contributed by atoms with Gasteiger partial charge in [0.05, 0.1) is 20.3 Å². The van der Waals surface area contributed by atoms with Gasteiger partial charge in [-0.15, -0.1) is 0 Å². The number of rotatable bonds is 9. The number of benzene rings is 3. The number of fused-ring (bicyclic) bond motifs is 1. The van der Waals surface area contributed by atoms with Crippen LogP contribution in [0.2, 0.25) is 0 Å². The Balaban J connectivity index is 1.47. The molecule has 0 radical (unpaired) electrons. The average molecular weight is 672 g/mol. The number of likely N-dealkylation sites (tertiary alicyclic amines) is 1. The number of halogens is 3. The number of allylic oxidation sites excluding steroid dienone is 1. The summed E-state index contributed by atoms with van der Waals surface area (Å²) in [5.74, 6) is 0.0948. The van der Waals surface area contributed by atoms with E-state index in [-0.39, 0.29) is 38.4 Å². The number of carbonyl (C=O) groups excluding carboxylic acids is 1. The van der Waals surface area contributed by atoms with Gasteiger partial charge in [-0.3, -0.25) is 0 Å². The highest BCUT2D eigenvalue weighted by molar-refractivity contribution is 7.87. The minimum absolute atomic E-state index is 0.00751. The van der Waals surface area contributed by atoms with Gasteiger partial charge in [-0.25, -0.2) is 4.79 Å². The number of ether oxygens (including phenoxy) is 4. The van der Waals surface area contributed by atoms with Gasteiger partial charge in [0.1, 0.15) is 13.2 Å². The second-order valence-electron chi connectivity index (χ2n) is 11.4. The van der Waals surface area contributed by atoms with Crippen LogP contribution in [-0.2, 0) is 48.8 Å². The molecule has 3 aliphatic rings. The van der Waals surface area contributed by atoms with Crippen LogP contribution < -0.4 is 9.47 Å². The third kappa shape index (κ3) is 5.88. The molecule has 13 heteroatoms. The zero-order chi connectivity index (χ0) is 33.4. The molecule has 2 aliphatic carbocycles. The SMILES string of the molecule is COC1=C2[C@@H]3Cc4ccc(OC)c(OCc5ccccc5)c4[C@@]2(CC=C1OS(=O)(=O)C(F)(F)F)CCN3C(=O)OCc1ccccc1. The van der Waals surface area contributed by atoms with Crippen molar-refractivity contribution in [2.24, 2.45) is 0 Å². The Morgan fingerprint density at radius 1 is 0.936 bits per heavy atom. The lowest BCUT2D eigenvalue weighted by atomic mass is 9.57. The summed E-state index contributed by atoms with van der Waals surface area (Å²) in [4.78, 5) is 15.1. The number of hydrogen-bond donors (Lipinski definition) is 0. The maximum absolute atomic E-state index is 13.6. The number of alkyl halides is 3. The molecule has 6 rings (SSSR count). The van der Waals surface area contributed by atoms with E-state index in [1.54, 1.807) is 6.07 Å². The number of amides is 1. The van der Waals surface area contributed by atoms with E-state index in [1.165, 1.54) is 25.2 Å². The first-order chi connectivity index (χ1) is 22.5. The maximum Gasteiger partial charge on any atom is 0.534 e. The molecular formula is C34H32F3NO8S. The van der Waals surface area contributed by atoms with E-state index in [4.69, 9.17) is 18.9 Å². The van der Waals surface area contributed by atoms with E-state index >= 15 is 0 Å². The molecular weight excluding hydrogens is 639 g/mol. The van der Waals surface area contributed by atoms with Crippen molar-refractivity contribution < 1.29 is 49.5 Å². The van der Waals surface area contributed by atoms with Crippen LogP contribution in [-0.4, -0.2) is 51.7 Å². The number of methoxy groups -OCH3 is 2. The van der Waals surface area contributed by atoms with E-state index < -0.39 is 38.9 Å². The Hall–Kier alpha value is -4.65. The normalized spacial score (nSPS) is 20.4. The van der Waals surface area contributed by atoms with Gasteiger partial charge >= 0.3 is 21.7 Å². The van der Waals surface area contributed by atoms with Crippen molar-refractivity contribution in [3.63, 3.8) is 0 Å². The van der Waals surface area contributed by atoms with Crippen molar-refractivity contribution in [2.75, 3.05) is 20.8 Å². The van der Waals surface area contributed by atoms with Gasteiger partial charge in [-0.2, -0.15) is 21.6 Å². The molecule has 0 N–H and O–H groups in total. The monoisotopic (exact) mass is 671 g/mol. The minimum Gasteiger partial charge on any atom is -0.493 e. The Bertz CT molecular complexity index is 1830. The van der Waals surface area contributed by atoms with Crippen molar-refractivity contribution in [1.29, 1.82) is 0 Å². The molecule has 3 aromatic rings. The fraction of sp³-hybridized carbons (Fsp3) is 0.324. The summed E-state index contributed by atoms with van der Waals surface area (Å²) in [5.41, 5.74) is -2.98. The minimum atomic E-state index is -6.02. The van der Waals surface area contributed by atoms with Crippen molar-refractivity contribution >= 4 is 16.2 Å². The first kappa shape index (κ1) is 32.3. The van der Waals surface area contributed by atoms with Crippen LogP contribution in [0.3, 0.4) is 0 Å². The number of nitrogens with zero attached hydrogens (tertiary/aromatic N) is 1. The fourth-order valence-electron chi connectivity index (χ4n) is 6.73. The summed E-state index contributed by atoms with van der Waals surface area (Å²) in [5, 5.41) is 0. The number of hydrogen-bond acceptors (Lipinski definition) is 8. The number of carbonyl (C=O) groups is 1. The number of piperidine rings is 1. The quantitative estimate of drug-likeness (QED) is 0.187. The summed E-state index contributed by atoms with van der Waals surface area (Å²) in [6.07, 6.45) is 1.21. The Morgan fingerprint density at radius 3 is 2.21 bits per heavy atom. The molecule has 1 heterocycles. The molecule has 2 atom stereocenters. The largest absolute Gasteiger partial charge is 0.534 e. The molecule has 1 saturated heterocycles. The van der Waals surface area contributed by atoms with Crippen LogP contribution in [0.25, 0.3) is 0 Å². The molecule has 0 saturated carbocycles. The second-order valence-corrected chi connectivity index (χ2v) is 12.9. The molecule has 0 unspecified atom stereocenters. The van der Waals surface area contributed by atoms with Crippen LogP contribution in [0.5, 0.6) is 11.5 Å². The summed E-state index contributed by atoms with van der Waals surface area (Å²) < 4.78 is 92.8. The topological polar surface area (TPSA) is 101 Å². The Kier molecular flexibility index (Phi) is 8.60. The van der Waals surface area contributed by atoms with E-state index in [0.717, 1.165) is 22.3 Å². The van der Waals surface area contributed by atoms with Crippen LogP contribution in [0.4, 0.5) is 18.0 Å². The van der Waals surface area contributed by atoms with Crippen molar-refractivity contribution in [3.05, 3.63) is 118 Å². The molecule has 9 nitrogen and oxygen atoms in total. The third-order valence-corrected chi connectivity index (χ3v) is 9.75. The summed E-state index contributed by atoms with van der Waals surface area (Å²) in [7, 11) is -3.29. The van der Waals surface area contributed by atoms with Crippen molar-refractivity contribution in [3.8, 4) is 11.5 Å². The van der Waals surface area contributed by atoms with Crippen LogP contribution in [0.15, 0.2) is 96.0 Å². The van der Waals surface area contributed by atoms with E-state index in [2.05, 4.69) is 4.18 Å². The lowest BCUT2D eigenvalue weighted by Crippen LogP contribution is -2.58. The van der Waals surface area contributed by atoms with Gasteiger partial charge in [0, 0.05) is 23.1 Å². The summed E-state index contributed by atoms with van der Waals surface area (Å²) in [6, 6.07) is 21.5. The van der Waals surface area contributed by atoms with Crippen molar-refractivity contribution in [2.45, 2.75) is 49.4 Å². The van der Waals surface area contributed by atoms with Gasteiger partial charge < -0.3 is 28.0 Å². The van der Waals surface area contributed by atoms with E-state index in [1.807, 2.05) is 66.7 Å². The molecule has 0 aromatic heterocycles. The molecule has 0 spiro atoms. The van der Waals surface area contributed by atoms with Crippen LogP contribution in [0.1, 0.15) is 35.1 Å². The predicted molar refractivity (Wildman–Crippen MR) is 164 cm³/mol. The fourth-order valence-corrected chi connectivity index (χ4v) is 7.21. The van der Waals surface area contributed by atoms with Gasteiger partial charge in [0.15, 0.2) is 23.0 Å². The zero-order valence-electron chi connectivity index (χ0n) is 25.6. The first-order valence-electron chi connectivity index (χ1n) is 14.8. The molecule has 3 aromatic carbocycles. The summed E-state index contributed by atoms with van der Waals surface area (Å²) in [6.45, 7) is 0.446. The third-order valence-electron chi connectivity index (χ3n) is 8.78. The van der Waals surface area contributed by atoms with Crippen LogP contribution >= 0.6 is 0 Å². The van der Waals surface area contributed by atoms with E-state index in [0.29, 0.717) is 23.5 Å². The van der Waals surface area contributed by atoms with Gasteiger partial charge in [0.2, 0.25) is 0 Å².